The summed E-state index contributed by atoms with van der Waals surface area (Å²) in [6.07, 6.45) is 4.44. The Hall–Kier alpha value is -4.68. The maximum absolute atomic E-state index is 13.5. The summed E-state index contributed by atoms with van der Waals surface area (Å²) in [6.45, 7) is 7.01. The highest BCUT2D eigenvalue weighted by molar-refractivity contribution is 5.92. The van der Waals surface area contributed by atoms with E-state index in [2.05, 4.69) is 17.6 Å². The Morgan fingerprint density at radius 1 is 0.959 bits per heavy atom. The summed E-state index contributed by atoms with van der Waals surface area (Å²) in [7, 11) is 3.16. The summed E-state index contributed by atoms with van der Waals surface area (Å²) in [5.41, 5.74) is 2.50. The Morgan fingerprint density at radius 2 is 1.73 bits per heavy atom. The van der Waals surface area contributed by atoms with Crippen molar-refractivity contribution in [2.45, 2.75) is 72.1 Å². The van der Waals surface area contributed by atoms with E-state index in [4.69, 9.17) is 18.7 Å². The first-order chi connectivity index (χ1) is 23.7. The fraction of sp³-hybridized carbons (Fsp3) is 0.459. The lowest BCUT2D eigenvalue weighted by atomic mass is 9.90. The molecule has 1 aromatic heterocycles. The van der Waals surface area contributed by atoms with Gasteiger partial charge in [-0.2, -0.15) is 0 Å². The van der Waals surface area contributed by atoms with Gasteiger partial charge >= 0.3 is 5.97 Å². The second kappa shape index (κ2) is 20.6. The molecule has 3 rings (SSSR count). The van der Waals surface area contributed by atoms with Gasteiger partial charge in [0.15, 0.2) is 5.76 Å². The fourth-order valence-corrected chi connectivity index (χ4v) is 5.52. The van der Waals surface area contributed by atoms with Gasteiger partial charge in [-0.3, -0.25) is 28.9 Å². The van der Waals surface area contributed by atoms with Crippen LogP contribution in [-0.4, -0.2) is 74.2 Å². The molecule has 3 amide bonds. The van der Waals surface area contributed by atoms with E-state index in [1.54, 1.807) is 12.1 Å². The Balaban J connectivity index is 1.65. The summed E-state index contributed by atoms with van der Waals surface area (Å²) in [5, 5.41) is 6.76. The summed E-state index contributed by atoms with van der Waals surface area (Å²) >= 11 is 0. The van der Waals surface area contributed by atoms with Gasteiger partial charge in [-0.1, -0.05) is 63.4 Å². The molecule has 12 heteroatoms. The van der Waals surface area contributed by atoms with Crippen molar-refractivity contribution in [1.29, 1.82) is 0 Å². The molecule has 0 bridgehead atoms. The molecule has 49 heavy (non-hydrogen) atoms. The van der Waals surface area contributed by atoms with Crippen LogP contribution in [-0.2, 0) is 37.1 Å². The van der Waals surface area contributed by atoms with E-state index in [0.29, 0.717) is 49.5 Å². The predicted octanol–water partition coefficient (Wildman–Crippen LogP) is 5.32. The number of hydroxylamine groups is 2. The minimum atomic E-state index is -0.539. The number of methoxy groups -OCH3 is 1. The lowest BCUT2D eigenvalue weighted by molar-refractivity contribution is -0.200. The number of amides is 3. The second-order valence-electron chi connectivity index (χ2n) is 11.7. The van der Waals surface area contributed by atoms with Crippen molar-refractivity contribution >= 4 is 24.2 Å². The molecule has 0 saturated heterocycles. The molecule has 1 heterocycles. The van der Waals surface area contributed by atoms with Gasteiger partial charge in [-0.15, -0.1) is 0 Å². The van der Waals surface area contributed by atoms with Crippen LogP contribution in [0.4, 0.5) is 0 Å². The highest BCUT2D eigenvalue weighted by Crippen LogP contribution is 2.29. The first-order valence-electron chi connectivity index (χ1n) is 16.8. The predicted molar refractivity (Wildman–Crippen MR) is 185 cm³/mol. The van der Waals surface area contributed by atoms with Gasteiger partial charge < -0.3 is 24.5 Å². The van der Waals surface area contributed by atoms with E-state index in [1.807, 2.05) is 74.3 Å². The van der Waals surface area contributed by atoms with Gasteiger partial charge in [-0.05, 0) is 68.3 Å². The summed E-state index contributed by atoms with van der Waals surface area (Å²) in [4.78, 5) is 58.0. The van der Waals surface area contributed by atoms with Gasteiger partial charge in [0, 0.05) is 12.1 Å². The molecule has 2 N–H and O–H groups in total. The van der Waals surface area contributed by atoms with Crippen LogP contribution in [0.25, 0.3) is 11.3 Å². The van der Waals surface area contributed by atoms with Crippen molar-refractivity contribution in [3.8, 4) is 17.1 Å². The maximum Gasteiger partial charge on any atom is 0.319 e. The molecule has 0 fully saturated rings. The van der Waals surface area contributed by atoms with Crippen LogP contribution >= 0.6 is 0 Å². The van der Waals surface area contributed by atoms with Crippen LogP contribution in [0.1, 0.15) is 74.6 Å². The number of unbranched alkanes of at least 4 members (excludes halogenated alkanes) is 2. The van der Waals surface area contributed by atoms with Gasteiger partial charge in [-0.25, -0.2) is 5.06 Å². The van der Waals surface area contributed by atoms with E-state index in [-0.39, 0.29) is 37.5 Å². The lowest BCUT2D eigenvalue weighted by Gasteiger charge is -2.32. The average molecular weight is 679 g/mol. The minimum absolute atomic E-state index is 0.0720. The number of nitrogens with one attached hydrogen (secondary N) is 2. The van der Waals surface area contributed by atoms with Gasteiger partial charge in [0.2, 0.25) is 12.3 Å². The number of benzene rings is 2. The second-order valence-corrected chi connectivity index (χ2v) is 11.7. The molecule has 0 radical (unpaired) electrons. The highest BCUT2D eigenvalue weighted by atomic mass is 16.7. The molecule has 2 unspecified atom stereocenters. The summed E-state index contributed by atoms with van der Waals surface area (Å²) in [6, 6.07) is 17.9. The van der Waals surface area contributed by atoms with E-state index < -0.39 is 17.9 Å². The lowest BCUT2D eigenvalue weighted by Crippen LogP contribution is -2.48. The Bertz CT molecular complexity index is 1480. The maximum atomic E-state index is 13.5. The van der Waals surface area contributed by atoms with Crippen molar-refractivity contribution in [2.75, 3.05) is 34.0 Å². The number of rotatable bonds is 22. The van der Waals surface area contributed by atoms with Crippen LogP contribution in [0.2, 0.25) is 0 Å². The molecule has 2 atom stereocenters. The zero-order valence-electron chi connectivity index (χ0n) is 29.2. The molecule has 0 aliphatic rings. The van der Waals surface area contributed by atoms with Crippen LogP contribution in [0, 0.1) is 5.92 Å². The van der Waals surface area contributed by atoms with Crippen LogP contribution in [0.3, 0.4) is 0 Å². The topological polar surface area (TPSA) is 140 Å². The van der Waals surface area contributed by atoms with Crippen molar-refractivity contribution in [3.05, 3.63) is 77.6 Å². The van der Waals surface area contributed by atoms with E-state index >= 15 is 0 Å². The van der Waals surface area contributed by atoms with Gasteiger partial charge in [0.05, 0.1) is 38.9 Å². The van der Waals surface area contributed by atoms with Crippen molar-refractivity contribution < 1.29 is 37.9 Å². The molecule has 266 valence electrons. The number of carbonyl (C=O) groups excluding carboxylic acids is 4. The first kappa shape index (κ1) is 38.8. The largest absolute Gasteiger partial charge is 0.494 e. The molecule has 3 aromatic rings. The number of esters is 1. The number of hydrogen-bond donors (Lipinski definition) is 2. The SMILES string of the molecule is CCCCCC(C(=O)NCNC(=O)c1ccc(-c2cc(CN(C)CC(=O)OC)cc(OCC)c2)o1)C(CC)N(C=O)OCc1ccccc1. The van der Waals surface area contributed by atoms with Crippen molar-refractivity contribution in [2.24, 2.45) is 5.92 Å². The van der Waals surface area contributed by atoms with Crippen LogP contribution in [0.15, 0.2) is 65.1 Å². The van der Waals surface area contributed by atoms with Crippen LogP contribution < -0.4 is 15.4 Å². The van der Waals surface area contributed by atoms with Gasteiger partial charge in [0.25, 0.3) is 5.91 Å². The van der Waals surface area contributed by atoms with Crippen LogP contribution in [0.5, 0.6) is 5.75 Å². The average Bonchev–Trinajstić information content (AvgIpc) is 3.60. The molecule has 12 nitrogen and oxygen atoms in total. The number of nitrogens with zero attached hydrogens (tertiary/aromatic N) is 2. The quantitative estimate of drug-likeness (QED) is 0.0475. The third-order valence-corrected chi connectivity index (χ3v) is 7.97. The molecule has 0 aliphatic carbocycles. The highest BCUT2D eigenvalue weighted by Gasteiger charge is 2.32. The van der Waals surface area contributed by atoms with Crippen molar-refractivity contribution in [1.82, 2.24) is 20.6 Å². The first-order valence-corrected chi connectivity index (χ1v) is 16.8. The number of ether oxygens (including phenoxy) is 2. The van der Waals surface area contributed by atoms with Gasteiger partial charge in [0.1, 0.15) is 18.1 Å². The monoisotopic (exact) mass is 678 g/mol. The number of hydrogen-bond acceptors (Lipinski definition) is 9. The molecule has 0 saturated carbocycles. The Labute approximate surface area is 289 Å². The Kier molecular flexibility index (Phi) is 16.3. The van der Waals surface area contributed by atoms with E-state index in [9.17, 15) is 19.2 Å². The summed E-state index contributed by atoms with van der Waals surface area (Å²) in [5.74, 6) is -0.500. The zero-order chi connectivity index (χ0) is 35.6. The zero-order valence-corrected chi connectivity index (χ0v) is 29.2. The Morgan fingerprint density at radius 3 is 2.41 bits per heavy atom. The molecular formula is C37H50N4O8. The number of furan rings is 1. The molecule has 2 aromatic carbocycles. The fourth-order valence-electron chi connectivity index (χ4n) is 5.52. The van der Waals surface area contributed by atoms with Crippen molar-refractivity contribution in [3.63, 3.8) is 0 Å². The smallest absolute Gasteiger partial charge is 0.319 e. The normalized spacial score (nSPS) is 12.2. The molecular weight excluding hydrogens is 628 g/mol. The van der Waals surface area contributed by atoms with E-state index in [1.165, 1.54) is 12.2 Å². The summed E-state index contributed by atoms with van der Waals surface area (Å²) < 4.78 is 16.4. The third kappa shape index (κ3) is 12.4. The standard InChI is InChI=1S/C37H50N4O8/c1-6-9-11-16-31(32(7-2)41(26-42)48-24-27-14-12-10-13-15-27)36(44)38-25-39-37(45)34-18-17-33(49-34)29-19-28(20-30(21-29)47-8-3)22-40(4)23-35(43)46-5/h10,12-15,17-21,26,31-32H,6-9,11,16,22-25H2,1-5H3,(H,38,44)(H,39,45). The number of likely N-dealkylation sites (N-methyl/N-ethyl adjacent to an activating group) is 1. The minimum Gasteiger partial charge on any atom is -0.494 e. The number of carbonyl (C=O) groups is 4. The molecule has 0 spiro atoms. The third-order valence-electron chi connectivity index (χ3n) is 7.97. The van der Waals surface area contributed by atoms with E-state index in [0.717, 1.165) is 30.4 Å². The molecule has 0 aliphatic heterocycles.